The van der Waals surface area contributed by atoms with Gasteiger partial charge in [-0.05, 0) is 65.7 Å². The summed E-state index contributed by atoms with van der Waals surface area (Å²) in [5.41, 5.74) is 2.18. The SMILES string of the molecule is CC(C)[C@@H]1CC[C@@](C)(OC(=O)c2cc(C(C)(C)C)cc(C(C)(C)C)c2)C[C@H]1O. The second-order valence-electron chi connectivity index (χ2n) is 11.4. The van der Waals surface area contributed by atoms with Gasteiger partial charge in [0.25, 0.3) is 0 Å². The second-order valence-corrected chi connectivity index (χ2v) is 11.4. The summed E-state index contributed by atoms with van der Waals surface area (Å²) in [5.74, 6) is 0.436. The van der Waals surface area contributed by atoms with Crippen LogP contribution in [0.1, 0.15) is 103 Å². The van der Waals surface area contributed by atoms with Gasteiger partial charge in [0, 0.05) is 6.42 Å². The number of hydrogen-bond donors (Lipinski definition) is 1. The predicted molar refractivity (Wildman–Crippen MR) is 116 cm³/mol. The van der Waals surface area contributed by atoms with Crippen molar-refractivity contribution in [2.24, 2.45) is 11.8 Å². The summed E-state index contributed by atoms with van der Waals surface area (Å²) >= 11 is 0. The molecule has 1 saturated carbocycles. The highest BCUT2D eigenvalue weighted by molar-refractivity contribution is 5.90. The van der Waals surface area contributed by atoms with Crippen molar-refractivity contribution in [2.75, 3.05) is 0 Å². The average Bonchev–Trinajstić information content (AvgIpc) is 2.51. The van der Waals surface area contributed by atoms with E-state index in [0.717, 1.165) is 24.0 Å². The molecule has 0 heterocycles. The van der Waals surface area contributed by atoms with Crippen LogP contribution in [0, 0.1) is 11.8 Å². The van der Waals surface area contributed by atoms with Crippen LogP contribution in [0.5, 0.6) is 0 Å². The van der Waals surface area contributed by atoms with Crippen LogP contribution < -0.4 is 0 Å². The Morgan fingerprint density at radius 1 is 1.07 bits per heavy atom. The van der Waals surface area contributed by atoms with Crippen molar-refractivity contribution >= 4 is 5.97 Å². The number of aliphatic hydroxyl groups excluding tert-OH is 1. The Labute approximate surface area is 171 Å². The largest absolute Gasteiger partial charge is 0.456 e. The van der Waals surface area contributed by atoms with Gasteiger partial charge in [0.2, 0.25) is 0 Å². The number of aliphatic hydroxyl groups is 1. The van der Waals surface area contributed by atoms with Crippen molar-refractivity contribution in [3.05, 3.63) is 34.9 Å². The molecule has 0 unspecified atom stereocenters. The number of rotatable bonds is 3. The summed E-state index contributed by atoms with van der Waals surface area (Å²) in [6, 6.07) is 6.14. The van der Waals surface area contributed by atoms with Crippen LogP contribution in [0.2, 0.25) is 0 Å². The highest BCUT2D eigenvalue weighted by Crippen LogP contribution is 2.39. The molecule has 3 nitrogen and oxygen atoms in total. The van der Waals surface area contributed by atoms with Crippen molar-refractivity contribution < 1.29 is 14.6 Å². The molecule has 0 bridgehead atoms. The molecule has 1 fully saturated rings. The van der Waals surface area contributed by atoms with Crippen molar-refractivity contribution in [3.8, 4) is 0 Å². The molecule has 0 saturated heterocycles. The third-order valence-corrected chi connectivity index (χ3v) is 6.24. The number of carbonyl (C=O) groups is 1. The van der Waals surface area contributed by atoms with Crippen LogP contribution in [0.4, 0.5) is 0 Å². The van der Waals surface area contributed by atoms with E-state index in [1.807, 2.05) is 19.1 Å². The normalized spacial score (nSPS) is 26.4. The maximum Gasteiger partial charge on any atom is 0.338 e. The molecule has 158 valence electrons. The monoisotopic (exact) mass is 388 g/mol. The molecule has 3 atom stereocenters. The third-order valence-electron chi connectivity index (χ3n) is 6.24. The number of esters is 1. The molecule has 0 spiro atoms. The lowest BCUT2D eigenvalue weighted by Gasteiger charge is -2.41. The summed E-state index contributed by atoms with van der Waals surface area (Å²) in [4.78, 5) is 13.1. The fourth-order valence-electron chi connectivity index (χ4n) is 4.12. The molecular formula is C25H40O3. The molecule has 1 aliphatic carbocycles. The Morgan fingerprint density at radius 2 is 1.57 bits per heavy atom. The zero-order valence-corrected chi connectivity index (χ0v) is 19.3. The van der Waals surface area contributed by atoms with Gasteiger partial charge in [-0.25, -0.2) is 4.79 Å². The zero-order chi connectivity index (χ0) is 21.5. The van der Waals surface area contributed by atoms with Crippen LogP contribution in [0.3, 0.4) is 0 Å². The van der Waals surface area contributed by atoms with Crippen LogP contribution in [-0.4, -0.2) is 22.8 Å². The topological polar surface area (TPSA) is 46.5 Å². The maximum atomic E-state index is 13.1. The van der Waals surface area contributed by atoms with E-state index >= 15 is 0 Å². The van der Waals surface area contributed by atoms with Gasteiger partial charge >= 0.3 is 5.97 Å². The Hall–Kier alpha value is -1.35. The van der Waals surface area contributed by atoms with Gasteiger partial charge in [0.15, 0.2) is 0 Å². The first-order chi connectivity index (χ1) is 12.6. The zero-order valence-electron chi connectivity index (χ0n) is 19.3. The van der Waals surface area contributed by atoms with E-state index in [0.29, 0.717) is 17.9 Å². The minimum Gasteiger partial charge on any atom is -0.456 e. The molecule has 1 aromatic carbocycles. The van der Waals surface area contributed by atoms with Crippen LogP contribution in [0.15, 0.2) is 18.2 Å². The summed E-state index contributed by atoms with van der Waals surface area (Å²) < 4.78 is 6.00. The lowest BCUT2D eigenvalue weighted by molar-refractivity contribution is -0.0816. The van der Waals surface area contributed by atoms with Gasteiger partial charge < -0.3 is 9.84 Å². The Bertz CT molecular complexity index is 673. The minimum atomic E-state index is -0.610. The highest BCUT2D eigenvalue weighted by atomic mass is 16.6. The van der Waals surface area contributed by atoms with Crippen molar-refractivity contribution in [3.63, 3.8) is 0 Å². The van der Waals surface area contributed by atoms with E-state index < -0.39 is 11.7 Å². The number of ether oxygens (including phenoxy) is 1. The van der Waals surface area contributed by atoms with Crippen molar-refractivity contribution in [1.29, 1.82) is 0 Å². The second kappa shape index (κ2) is 7.82. The van der Waals surface area contributed by atoms with E-state index in [-0.39, 0.29) is 22.7 Å². The first-order valence-corrected chi connectivity index (χ1v) is 10.7. The van der Waals surface area contributed by atoms with Crippen molar-refractivity contribution in [2.45, 2.75) is 104 Å². The van der Waals surface area contributed by atoms with E-state index in [2.05, 4.69) is 61.5 Å². The molecule has 1 aliphatic rings. The first-order valence-electron chi connectivity index (χ1n) is 10.7. The maximum absolute atomic E-state index is 13.1. The molecule has 3 heteroatoms. The van der Waals surface area contributed by atoms with Crippen molar-refractivity contribution in [1.82, 2.24) is 0 Å². The number of benzene rings is 1. The standard InChI is InChI=1S/C25H40O3/c1-16(2)20-10-11-25(9,15-21(20)26)28-22(27)17-12-18(23(3,4)5)14-19(13-17)24(6,7)8/h12-14,16,20-21,26H,10-11,15H2,1-9H3/t20-,21+,25+/m0/s1. The van der Waals surface area contributed by atoms with Gasteiger partial charge in [0.1, 0.15) is 5.60 Å². The molecule has 0 aromatic heterocycles. The minimum absolute atomic E-state index is 0.0499. The fourth-order valence-corrected chi connectivity index (χ4v) is 4.12. The fraction of sp³-hybridized carbons (Fsp3) is 0.720. The number of carbonyl (C=O) groups excluding carboxylic acids is 1. The third kappa shape index (κ3) is 5.37. The first kappa shape index (κ1) is 22.9. The van der Waals surface area contributed by atoms with Gasteiger partial charge in [-0.2, -0.15) is 0 Å². The van der Waals surface area contributed by atoms with E-state index in [1.165, 1.54) is 0 Å². The molecule has 2 rings (SSSR count). The van der Waals surface area contributed by atoms with E-state index in [1.54, 1.807) is 0 Å². The summed E-state index contributed by atoms with van der Waals surface area (Å²) in [6.07, 6.45) is 1.77. The van der Waals surface area contributed by atoms with E-state index in [9.17, 15) is 9.90 Å². The lowest BCUT2D eigenvalue weighted by Crippen LogP contribution is -2.44. The van der Waals surface area contributed by atoms with Gasteiger partial charge in [-0.3, -0.25) is 0 Å². The molecule has 28 heavy (non-hydrogen) atoms. The van der Waals surface area contributed by atoms with Crippen LogP contribution >= 0.6 is 0 Å². The Morgan fingerprint density at radius 3 is 1.96 bits per heavy atom. The average molecular weight is 389 g/mol. The van der Waals surface area contributed by atoms with Crippen LogP contribution in [0.25, 0.3) is 0 Å². The Balaban J connectivity index is 2.29. The van der Waals surface area contributed by atoms with Gasteiger partial charge in [0.05, 0.1) is 11.7 Å². The van der Waals surface area contributed by atoms with E-state index in [4.69, 9.17) is 4.74 Å². The van der Waals surface area contributed by atoms with Gasteiger partial charge in [-0.15, -0.1) is 0 Å². The summed E-state index contributed by atoms with van der Waals surface area (Å²) in [6.45, 7) is 19.2. The highest BCUT2D eigenvalue weighted by Gasteiger charge is 2.41. The summed E-state index contributed by atoms with van der Waals surface area (Å²) in [7, 11) is 0. The smallest absolute Gasteiger partial charge is 0.338 e. The Kier molecular flexibility index (Phi) is 6.40. The molecule has 1 N–H and O–H groups in total. The number of hydrogen-bond acceptors (Lipinski definition) is 3. The quantitative estimate of drug-likeness (QED) is 0.645. The summed E-state index contributed by atoms with van der Waals surface area (Å²) in [5, 5.41) is 10.6. The molecule has 0 aliphatic heterocycles. The molecule has 0 amide bonds. The van der Waals surface area contributed by atoms with Gasteiger partial charge in [-0.1, -0.05) is 61.5 Å². The predicted octanol–water partition coefficient (Wildman–Crippen LogP) is 6.01. The van der Waals surface area contributed by atoms with Crippen LogP contribution in [-0.2, 0) is 15.6 Å². The lowest BCUT2D eigenvalue weighted by atomic mass is 9.73. The molecular weight excluding hydrogens is 348 g/mol. The molecule has 1 aromatic rings. The molecule has 0 radical (unpaired) electrons.